The molecule has 3 rings (SSSR count). The third kappa shape index (κ3) is 4.74. The first-order valence-corrected chi connectivity index (χ1v) is 9.13. The number of anilines is 1. The van der Waals surface area contributed by atoms with Crippen molar-refractivity contribution in [3.8, 4) is 5.69 Å². The Morgan fingerprint density at radius 2 is 2.07 bits per heavy atom. The van der Waals surface area contributed by atoms with Gasteiger partial charge in [-0.1, -0.05) is 0 Å². The summed E-state index contributed by atoms with van der Waals surface area (Å²) in [6.07, 6.45) is 6.17. The van der Waals surface area contributed by atoms with Crippen molar-refractivity contribution >= 4 is 11.7 Å². The highest BCUT2D eigenvalue weighted by atomic mass is 16.5. The zero-order valence-corrected chi connectivity index (χ0v) is 16.3. The first kappa shape index (κ1) is 19.6. The maximum Gasteiger partial charge on any atom is 0.319 e. The lowest BCUT2D eigenvalue weighted by atomic mass is 10.2. The van der Waals surface area contributed by atoms with Gasteiger partial charge in [0.25, 0.3) is 0 Å². The smallest absolute Gasteiger partial charge is 0.319 e. The average Bonchev–Trinajstić information content (AvgIpc) is 3.31. The van der Waals surface area contributed by atoms with Crippen LogP contribution < -0.4 is 10.6 Å². The van der Waals surface area contributed by atoms with Crippen molar-refractivity contribution in [2.75, 3.05) is 19.0 Å². The van der Waals surface area contributed by atoms with Gasteiger partial charge in [-0.2, -0.15) is 0 Å². The summed E-state index contributed by atoms with van der Waals surface area (Å²) in [4.78, 5) is 16.6. The number of nitrogens with one attached hydrogen (secondary N) is 2. The SMILES string of the molecule is COCCCn1cnnc1C(C)NC(=O)Nc1ccc(-n2ccnc2C)cc1. The Balaban J connectivity index is 1.57. The Morgan fingerprint density at radius 1 is 1.29 bits per heavy atom. The molecular formula is C19H25N7O2. The van der Waals surface area contributed by atoms with Crippen LogP contribution >= 0.6 is 0 Å². The van der Waals surface area contributed by atoms with Crippen LogP contribution in [0.25, 0.3) is 5.69 Å². The lowest BCUT2D eigenvalue weighted by molar-refractivity contribution is 0.189. The number of methoxy groups -OCH3 is 1. The topological polar surface area (TPSA) is 98.9 Å². The van der Waals surface area contributed by atoms with Gasteiger partial charge in [-0.15, -0.1) is 10.2 Å². The third-order valence-corrected chi connectivity index (χ3v) is 4.36. The summed E-state index contributed by atoms with van der Waals surface area (Å²) in [5.41, 5.74) is 1.69. The fourth-order valence-electron chi connectivity index (χ4n) is 2.94. The van der Waals surface area contributed by atoms with E-state index in [9.17, 15) is 4.79 Å². The Labute approximate surface area is 163 Å². The molecule has 0 aliphatic carbocycles. The molecule has 0 spiro atoms. The van der Waals surface area contributed by atoms with Gasteiger partial charge in [0.2, 0.25) is 0 Å². The molecule has 0 radical (unpaired) electrons. The molecule has 0 bridgehead atoms. The van der Waals surface area contributed by atoms with Crippen molar-refractivity contribution < 1.29 is 9.53 Å². The minimum absolute atomic E-state index is 0.280. The number of aryl methyl sites for hydroxylation is 2. The highest BCUT2D eigenvalue weighted by Gasteiger charge is 2.15. The fourth-order valence-corrected chi connectivity index (χ4v) is 2.94. The van der Waals surface area contributed by atoms with Crippen LogP contribution in [0.3, 0.4) is 0 Å². The fraction of sp³-hybridized carbons (Fsp3) is 0.368. The lowest BCUT2D eigenvalue weighted by Crippen LogP contribution is -2.32. The van der Waals surface area contributed by atoms with Crippen molar-refractivity contribution in [3.05, 3.63) is 54.6 Å². The van der Waals surface area contributed by atoms with Gasteiger partial charge in [0, 0.05) is 44.0 Å². The van der Waals surface area contributed by atoms with Crippen molar-refractivity contribution in [2.24, 2.45) is 0 Å². The summed E-state index contributed by atoms with van der Waals surface area (Å²) >= 11 is 0. The van der Waals surface area contributed by atoms with Crippen molar-refractivity contribution in [1.29, 1.82) is 0 Å². The molecule has 2 N–H and O–H groups in total. The van der Waals surface area contributed by atoms with E-state index in [4.69, 9.17) is 4.74 Å². The van der Waals surface area contributed by atoms with Crippen LogP contribution in [0.4, 0.5) is 10.5 Å². The molecule has 148 valence electrons. The van der Waals surface area contributed by atoms with Gasteiger partial charge in [0.15, 0.2) is 5.82 Å². The van der Waals surface area contributed by atoms with Crippen LogP contribution in [0.2, 0.25) is 0 Å². The molecule has 2 heterocycles. The molecule has 2 aromatic heterocycles. The molecule has 0 fully saturated rings. The number of carbonyl (C=O) groups is 1. The van der Waals surface area contributed by atoms with E-state index >= 15 is 0 Å². The quantitative estimate of drug-likeness (QED) is 0.583. The minimum atomic E-state index is -0.300. The highest BCUT2D eigenvalue weighted by Crippen LogP contribution is 2.15. The highest BCUT2D eigenvalue weighted by molar-refractivity contribution is 5.89. The second-order valence-electron chi connectivity index (χ2n) is 6.44. The van der Waals surface area contributed by atoms with E-state index in [0.29, 0.717) is 18.1 Å². The van der Waals surface area contributed by atoms with Gasteiger partial charge in [-0.3, -0.25) is 0 Å². The molecule has 9 heteroatoms. The van der Waals surface area contributed by atoms with E-state index in [1.54, 1.807) is 19.6 Å². The molecule has 9 nitrogen and oxygen atoms in total. The monoisotopic (exact) mass is 383 g/mol. The maximum atomic E-state index is 12.3. The predicted octanol–water partition coefficient (Wildman–Crippen LogP) is 2.69. The average molecular weight is 383 g/mol. The molecule has 1 unspecified atom stereocenters. The van der Waals surface area contributed by atoms with E-state index in [1.165, 1.54) is 0 Å². The number of hydrogen-bond donors (Lipinski definition) is 2. The maximum absolute atomic E-state index is 12.3. The molecule has 0 saturated heterocycles. The Hall–Kier alpha value is -3.20. The molecule has 0 aliphatic rings. The molecule has 1 aromatic carbocycles. The number of ether oxygens (including phenoxy) is 1. The van der Waals surface area contributed by atoms with E-state index < -0.39 is 0 Å². The summed E-state index contributed by atoms with van der Waals surface area (Å²) in [5.74, 6) is 1.61. The van der Waals surface area contributed by atoms with Crippen LogP contribution in [0.5, 0.6) is 0 Å². The summed E-state index contributed by atoms with van der Waals surface area (Å²) in [6, 6.07) is 6.99. The molecule has 0 aliphatic heterocycles. The minimum Gasteiger partial charge on any atom is -0.385 e. The van der Waals surface area contributed by atoms with Crippen LogP contribution in [0.15, 0.2) is 43.0 Å². The summed E-state index contributed by atoms with van der Waals surface area (Å²) in [7, 11) is 1.67. The number of rotatable bonds is 8. The van der Waals surface area contributed by atoms with Gasteiger partial charge in [0.05, 0.1) is 6.04 Å². The Morgan fingerprint density at radius 3 is 2.75 bits per heavy atom. The van der Waals surface area contributed by atoms with Gasteiger partial charge in [0.1, 0.15) is 12.2 Å². The first-order chi connectivity index (χ1) is 13.6. The zero-order valence-electron chi connectivity index (χ0n) is 16.3. The van der Waals surface area contributed by atoms with Crippen molar-refractivity contribution in [1.82, 2.24) is 29.6 Å². The molecule has 2 amide bonds. The number of imidazole rings is 1. The molecule has 0 saturated carbocycles. The van der Waals surface area contributed by atoms with Gasteiger partial charge < -0.3 is 24.5 Å². The predicted molar refractivity (Wildman–Crippen MR) is 105 cm³/mol. The second kappa shape index (κ2) is 9.14. The van der Waals surface area contributed by atoms with Crippen LogP contribution in [0.1, 0.15) is 31.0 Å². The largest absolute Gasteiger partial charge is 0.385 e. The van der Waals surface area contributed by atoms with E-state index in [-0.39, 0.29) is 12.1 Å². The second-order valence-corrected chi connectivity index (χ2v) is 6.44. The zero-order chi connectivity index (χ0) is 19.9. The molecule has 3 aromatic rings. The number of carbonyl (C=O) groups excluding carboxylic acids is 1. The van der Waals surface area contributed by atoms with Crippen molar-refractivity contribution in [3.63, 3.8) is 0 Å². The summed E-state index contributed by atoms with van der Waals surface area (Å²) in [6.45, 7) is 5.21. The van der Waals surface area contributed by atoms with Gasteiger partial charge >= 0.3 is 6.03 Å². The molecule has 1 atom stereocenters. The van der Waals surface area contributed by atoms with Gasteiger partial charge in [-0.05, 0) is 44.5 Å². The summed E-state index contributed by atoms with van der Waals surface area (Å²) < 4.78 is 8.97. The molecule has 28 heavy (non-hydrogen) atoms. The number of hydrogen-bond acceptors (Lipinski definition) is 5. The van der Waals surface area contributed by atoms with Crippen molar-refractivity contribution in [2.45, 2.75) is 32.9 Å². The number of aromatic nitrogens is 5. The lowest BCUT2D eigenvalue weighted by Gasteiger charge is -2.15. The standard InChI is InChI=1S/C19H25N7O2/c1-14(18-24-21-13-25(18)10-4-12-28-3)22-19(27)23-16-5-7-17(8-6-16)26-11-9-20-15(26)2/h5-9,11,13-14H,4,10,12H2,1-3H3,(H2,22,23,27). The normalized spacial score (nSPS) is 12.0. The molecular weight excluding hydrogens is 358 g/mol. The van der Waals surface area contributed by atoms with E-state index in [1.807, 2.05) is 53.4 Å². The number of urea groups is 1. The third-order valence-electron chi connectivity index (χ3n) is 4.36. The van der Waals surface area contributed by atoms with Crippen LogP contribution in [-0.2, 0) is 11.3 Å². The van der Waals surface area contributed by atoms with Gasteiger partial charge in [-0.25, -0.2) is 9.78 Å². The first-order valence-electron chi connectivity index (χ1n) is 9.13. The number of amides is 2. The number of benzene rings is 1. The summed E-state index contributed by atoms with van der Waals surface area (Å²) in [5, 5.41) is 13.8. The van der Waals surface area contributed by atoms with E-state index in [2.05, 4.69) is 25.8 Å². The Bertz CT molecular complexity index is 901. The van der Waals surface area contributed by atoms with Crippen LogP contribution in [-0.4, -0.2) is 44.1 Å². The van der Waals surface area contributed by atoms with Crippen LogP contribution in [0, 0.1) is 6.92 Å². The van der Waals surface area contributed by atoms with E-state index in [0.717, 1.165) is 24.5 Å². The Kier molecular flexibility index (Phi) is 6.38. The number of nitrogens with zero attached hydrogens (tertiary/aromatic N) is 5.